The number of hydrogen-bond acceptors (Lipinski definition) is 4. The van der Waals surface area contributed by atoms with Gasteiger partial charge >= 0.3 is 0 Å². The lowest BCUT2D eigenvalue weighted by molar-refractivity contribution is -0.117. The van der Waals surface area contributed by atoms with E-state index in [1.54, 1.807) is 23.3 Å². The maximum atomic E-state index is 11.8. The number of carbonyl (C=O) groups excluding carboxylic acids is 1. The number of hydrogen-bond donors (Lipinski definition) is 1. The van der Waals surface area contributed by atoms with E-state index in [9.17, 15) is 13.2 Å². The monoisotopic (exact) mass is 269 g/mol. The van der Waals surface area contributed by atoms with Crippen LogP contribution in [-0.2, 0) is 14.8 Å². The van der Waals surface area contributed by atoms with E-state index < -0.39 is 10.0 Å². The molecule has 0 atom stereocenters. The Balaban J connectivity index is 2.20. The van der Waals surface area contributed by atoms with Gasteiger partial charge in [0, 0.05) is 18.8 Å². The molecule has 6 nitrogen and oxygen atoms in total. The second-order valence-corrected chi connectivity index (χ2v) is 6.23. The van der Waals surface area contributed by atoms with E-state index in [1.807, 2.05) is 13.8 Å². The van der Waals surface area contributed by atoms with Crippen molar-refractivity contribution in [1.29, 1.82) is 0 Å². The van der Waals surface area contributed by atoms with Gasteiger partial charge in [-0.1, -0.05) is 0 Å². The average molecular weight is 269 g/mol. The van der Waals surface area contributed by atoms with Gasteiger partial charge in [0.15, 0.2) is 0 Å². The third kappa shape index (κ3) is 2.79. The third-order valence-corrected chi connectivity index (χ3v) is 3.67. The Morgan fingerprint density at radius 2 is 2.17 bits per heavy atom. The zero-order chi connectivity index (χ0) is 13.3. The Labute approximate surface area is 106 Å². The van der Waals surface area contributed by atoms with E-state index in [0.717, 1.165) is 0 Å². The van der Waals surface area contributed by atoms with E-state index in [1.165, 1.54) is 0 Å². The van der Waals surface area contributed by atoms with Gasteiger partial charge in [-0.15, -0.1) is 4.40 Å². The van der Waals surface area contributed by atoms with Gasteiger partial charge in [0.25, 0.3) is 15.9 Å². The Morgan fingerprint density at radius 3 is 2.83 bits per heavy atom. The van der Waals surface area contributed by atoms with Crippen molar-refractivity contribution in [1.82, 2.24) is 10.2 Å². The quantitative estimate of drug-likeness (QED) is 0.766. The molecule has 2 rings (SSSR count). The van der Waals surface area contributed by atoms with Crippen molar-refractivity contribution in [2.75, 3.05) is 12.3 Å². The lowest BCUT2D eigenvalue weighted by Gasteiger charge is -2.27. The second kappa shape index (κ2) is 4.56. The molecular weight excluding hydrogens is 254 g/mol. The van der Waals surface area contributed by atoms with Gasteiger partial charge in [0.1, 0.15) is 5.84 Å². The number of nitrogens with zero attached hydrogens (tertiary/aromatic N) is 2. The summed E-state index contributed by atoms with van der Waals surface area (Å²) in [7, 11) is -3.34. The summed E-state index contributed by atoms with van der Waals surface area (Å²) in [6.45, 7) is 4.08. The molecule has 0 spiro atoms. The Kier molecular flexibility index (Phi) is 3.25. The summed E-state index contributed by atoms with van der Waals surface area (Å²) in [6, 6.07) is 0.0589. The highest BCUT2D eigenvalue weighted by molar-refractivity contribution is 7.90. The average Bonchev–Trinajstić information content (AvgIpc) is 2.26. The van der Waals surface area contributed by atoms with Gasteiger partial charge in [0.2, 0.25) is 0 Å². The molecule has 2 aliphatic heterocycles. The molecule has 1 amide bonds. The summed E-state index contributed by atoms with van der Waals surface area (Å²) in [5.74, 6) is 0.163. The minimum atomic E-state index is -3.34. The molecule has 0 saturated carbocycles. The number of sulfonamides is 1. The molecule has 7 heteroatoms. The molecule has 0 saturated heterocycles. The van der Waals surface area contributed by atoms with Crippen molar-refractivity contribution in [3.63, 3.8) is 0 Å². The minimum Gasteiger partial charge on any atom is -0.350 e. The first-order valence-corrected chi connectivity index (χ1v) is 7.28. The van der Waals surface area contributed by atoms with Crippen LogP contribution in [0, 0.1) is 0 Å². The van der Waals surface area contributed by atoms with Gasteiger partial charge in [0.05, 0.1) is 11.3 Å². The van der Waals surface area contributed by atoms with Crippen LogP contribution in [0.4, 0.5) is 0 Å². The molecule has 0 unspecified atom stereocenters. The Hall–Kier alpha value is -1.63. The predicted octanol–water partition coefficient (Wildman–Crippen LogP) is 0.00860. The Morgan fingerprint density at radius 1 is 1.44 bits per heavy atom. The summed E-state index contributed by atoms with van der Waals surface area (Å²) in [6.07, 6.45) is 4.76. The molecule has 0 radical (unpaired) electrons. The van der Waals surface area contributed by atoms with Gasteiger partial charge in [-0.2, -0.15) is 0 Å². The van der Waals surface area contributed by atoms with Crippen LogP contribution < -0.4 is 5.32 Å². The number of amides is 1. The van der Waals surface area contributed by atoms with Crippen LogP contribution in [0.15, 0.2) is 28.3 Å². The summed E-state index contributed by atoms with van der Waals surface area (Å²) in [4.78, 5) is 13.5. The van der Waals surface area contributed by atoms with E-state index in [-0.39, 0.29) is 17.7 Å². The number of fused-ring (bicyclic) bond motifs is 1. The van der Waals surface area contributed by atoms with Crippen molar-refractivity contribution in [3.05, 3.63) is 23.9 Å². The Bertz CT molecular complexity index is 558. The molecule has 98 valence electrons. The molecule has 0 aromatic rings. The second-order valence-electron chi connectivity index (χ2n) is 4.47. The first-order chi connectivity index (χ1) is 8.37. The summed E-state index contributed by atoms with van der Waals surface area (Å²) in [5.41, 5.74) is 0.502. The highest BCUT2D eigenvalue weighted by Crippen LogP contribution is 2.15. The zero-order valence-corrected chi connectivity index (χ0v) is 11.1. The van der Waals surface area contributed by atoms with Crippen LogP contribution in [0.3, 0.4) is 0 Å². The van der Waals surface area contributed by atoms with Crippen LogP contribution in [0.1, 0.15) is 13.8 Å². The predicted molar refractivity (Wildman–Crippen MR) is 68.4 cm³/mol. The van der Waals surface area contributed by atoms with Crippen LogP contribution in [-0.4, -0.2) is 43.4 Å². The molecule has 0 aromatic carbocycles. The first kappa shape index (κ1) is 12.8. The van der Waals surface area contributed by atoms with Crippen molar-refractivity contribution in [2.24, 2.45) is 4.40 Å². The van der Waals surface area contributed by atoms with Gasteiger partial charge in [-0.3, -0.25) is 4.79 Å². The highest BCUT2D eigenvalue weighted by Gasteiger charge is 2.24. The third-order valence-electron chi connectivity index (χ3n) is 2.51. The topological polar surface area (TPSA) is 78.8 Å². The number of rotatable bonds is 2. The molecule has 0 bridgehead atoms. The van der Waals surface area contributed by atoms with Crippen LogP contribution in [0.2, 0.25) is 0 Å². The maximum absolute atomic E-state index is 11.8. The molecule has 0 fully saturated rings. The van der Waals surface area contributed by atoms with E-state index in [4.69, 9.17) is 0 Å². The van der Waals surface area contributed by atoms with Crippen molar-refractivity contribution in [2.45, 2.75) is 19.9 Å². The van der Waals surface area contributed by atoms with E-state index in [0.29, 0.717) is 18.0 Å². The molecule has 0 aromatic heterocycles. The number of nitrogens with one attached hydrogen (secondary N) is 1. The first-order valence-electron chi connectivity index (χ1n) is 5.67. The molecule has 2 aliphatic rings. The standard InChI is InChI=1S/C11H15N3O3S/c1-8(2)12-11(15)9-3-4-10-13-18(16,17)6-5-14(10)7-9/h3-4,7-8H,5-6H2,1-2H3,(H,12,15). The van der Waals surface area contributed by atoms with E-state index in [2.05, 4.69) is 9.71 Å². The fourth-order valence-corrected chi connectivity index (χ4v) is 2.65. The smallest absolute Gasteiger partial charge is 0.256 e. The van der Waals surface area contributed by atoms with Crippen molar-refractivity contribution < 1.29 is 13.2 Å². The summed E-state index contributed by atoms with van der Waals surface area (Å²) < 4.78 is 26.3. The number of amidine groups is 1. The fourth-order valence-electron chi connectivity index (χ4n) is 1.68. The molecule has 1 N–H and O–H groups in total. The van der Waals surface area contributed by atoms with Gasteiger partial charge in [-0.25, -0.2) is 8.42 Å². The molecule has 0 aliphatic carbocycles. The molecule has 18 heavy (non-hydrogen) atoms. The highest BCUT2D eigenvalue weighted by atomic mass is 32.2. The number of carbonyl (C=O) groups is 1. The van der Waals surface area contributed by atoms with Gasteiger partial charge in [-0.05, 0) is 26.0 Å². The summed E-state index contributed by atoms with van der Waals surface area (Å²) >= 11 is 0. The van der Waals surface area contributed by atoms with Crippen molar-refractivity contribution in [3.8, 4) is 0 Å². The minimum absolute atomic E-state index is 0.0279. The van der Waals surface area contributed by atoms with Crippen LogP contribution >= 0.6 is 0 Å². The van der Waals surface area contributed by atoms with Crippen LogP contribution in [0.5, 0.6) is 0 Å². The molecule has 2 heterocycles. The largest absolute Gasteiger partial charge is 0.350 e. The molecular formula is C11H15N3O3S. The maximum Gasteiger partial charge on any atom is 0.256 e. The van der Waals surface area contributed by atoms with Gasteiger partial charge < -0.3 is 10.2 Å². The zero-order valence-electron chi connectivity index (χ0n) is 10.3. The normalized spacial score (nSPS) is 21.2. The summed E-state index contributed by atoms with van der Waals surface area (Å²) in [5, 5.41) is 2.78. The van der Waals surface area contributed by atoms with E-state index >= 15 is 0 Å². The van der Waals surface area contributed by atoms with Crippen molar-refractivity contribution >= 4 is 21.8 Å². The fraction of sp³-hybridized carbons (Fsp3) is 0.455. The van der Waals surface area contributed by atoms with Crippen LogP contribution in [0.25, 0.3) is 0 Å². The SMILES string of the molecule is CC(C)NC(=O)C1=CN2CCS(=O)(=O)N=C2C=C1. The lowest BCUT2D eigenvalue weighted by Crippen LogP contribution is -2.38. The lowest BCUT2D eigenvalue weighted by atomic mass is 10.1.